The Labute approximate surface area is 177 Å². The highest BCUT2D eigenvalue weighted by atomic mass is 32.1. The number of carbonyl (C=O) groups is 1. The SMILES string of the molecule is CC[C@@](C)(CC(=O)OCn1nnc2ccccc2c1=O)Cc1nc2ccccc2s1. The zero-order valence-corrected chi connectivity index (χ0v) is 17.7. The van der Waals surface area contributed by atoms with Crippen LogP contribution < -0.4 is 5.56 Å². The monoisotopic (exact) mass is 422 g/mol. The summed E-state index contributed by atoms with van der Waals surface area (Å²) in [6, 6.07) is 15.0. The van der Waals surface area contributed by atoms with Crippen LogP contribution in [0.3, 0.4) is 0 Å². The minimum Gasteiger partial charge on any atom is -0.442 e. The van der Waals surface area contributed by atoms with E-state index in [0.29, 0.717) is 17.3 Å². The molecule has 0 fully saturated rings. The molecular formula is C22H22N4O3S. The van der Waals surface area contributed by atoms with E-state index in [0.717, 1.165) is 26.3 Å². The molecule has 0 saturated carbocycles. The standard InChI is InChI=1S/C22H22N4O3S/c1-3-22(2,12-19-23-17-10-6-7-11-18(17)30-19)13-20(27)29-14-26-21(28)15-8-4-5-9-16(15)24-25-26/h4-11H,3,12-14H2,1-2H3/t22-/m1/s1. The summed E-state index contributed by atoms with van der Waals surface area (Å²) in [7, 11) is 0. The van der Waals surface area contributed by atoms with Gasteiger partial charge in [-0.15, -0.1) is 16.4 Å². The van der Waals surface area contributed by atoms with Gasteiger partial charge in [-0.25, -0.2) is 4.98 Å². The second-order valence-electron chi connectivity index (χ2n) is 7.65. The average Bonchev–Trinajstić information content (AvgIpc) is 3.15. The van der Waals surface area contributed by atoms with Crippen LogP contribution in [0.1, 0.15) is 31.7 Å². The number of hydrogen-bond donors (Lipinski definition) is 0. The number of benzene rings is 2. The fourth-order valence-electron chi connectivity index (χ4n) is 3.31. The predicted molar refractivity (Wildman–Crippen MR) is 116 cm³/mol. The summed E-state index contributed by atoms with van der Waals surface area (Å²) >= 11 is 1.65. The number of carbonyl (C=O) groups excluding carboxylic acids is 1. The Morgan fingerprint density at radius 2 is 1.87 bits per heavy atom. The molecule has 2 aromatic heterocycles. The van der Waals surface area contributed by atoms with Crippen LogP contribution in [0, 0.1) is 5.41 Å². The van der Waals surface area contributed by atoms with Gasteiger partial charge in [-0.3, -0.25) is 9.59 Å². The molecule has 4 aromatic rings. The molecular weight excluding hydrogens is 400 g/mol. The molecule has 154 valence electrons. The Balaban J connectivity index is 1.42. The van der Waals surface area contributed by atoms with E-state index in [1.165, 1.54) is 0 Å². The molecule has 0 bridgehead atoms. The van der Waals surface area contributed by atoms with Gasteiger partial charge in [0.2, 0.25) is 0 Å². The average molecular weight is 423 g/mol. The van der Waals surface area contributed by atoms with Crippen LogP contribution in [0.5, 0.6) is 0 Å². The highest BCUT2D eigenvalue weighted by Gasteiger charge is 2.28. The smallest absolute Gasteiger partial charge is 0.308 e. The minimum atomic E-state index is -0.373. The Morgan fingerprint density at radius 1 is 1.13 bits per heavy atom. The topological polar surface area (TPSA) is 87.0 Å². The van der Waals surface area contributed by atoms with Crippen molar-refractivity contribution < 1.29 is 9.53 Å². The number of para-hydroxylation sites is 1. The van der Waals surface area contributed by atoms with Crippen LogP contribution in [-0.2, 0) is 22.7 Å². The summed E-state index contributed by atoms with van der Waals surface area (Å²) in [5, 5.41) is 9.30. The van der Waals surface area contributed by atoms with E-state index < -0.39 is 0 Å². The van der Waals surface area contributed by atoms with E-state index in [4.69, 9.17) is 4.74 Å². The third-order valence-corrected chi connectivity index (χ3v) is 6.35. The number of thiazole rings is 1. The summed E-state index contributed by atoms with van der Waals surface area (Å²) < 4.78 is 7.56. The van der Waals surface area contributed by atoms with Crippen molar-refractivity contribution in [2.24, 2.45) is 5.41 Å². The van der Waals surface area contributed by atoms with Crippen molar-refractivity contribution in [2.45, 2.75) is 39.8 Å². The van der Waals surface area contributed by atoms with Gasteiger partial charge in [0, 0.05) is 6.42 Å². The number of aromatic nitrogens is 4. The van der Waals surface area contributed by atoms with E-state index in [2.05, 4.69) is 35.2 Å². The first kappa shape index (κ1) is 20.2. The molecule has 2 heterocycles. The fourth-order valence-corrected chi connectivity index (χ4v) is 4.50. The summed E-state index contributed by atoms with van der Waals surface area (Å²) in [4.78, 5) is 29.7. The lowest BCUT2D eigenvalue weighted by molar-refractivity contribution is -0.150. The van der Waals surface area contributed by atoms with Crippen LogP contribution in [0.15, 0.2) is 53.3 Å². The van der Waals surface area contributed by atoms with Crippen molar-refractivity contribution in [1.29, 1.82) is 0 Å². The van der Waals surface area contributed by atoms with Crippen molar-refractivity contribution in [1.82, 2.24) is 20.0 Å². The Kier molecular flexibility index (Phi) is 5.59. The summed E-state index contributed by atoms with van der Waals surface area (Å²) in [6.45, 7) is 3.86. The first-order valence-electron chi connectivity index (χ1n) is 9.80. The quantitative estimate of drug-likeness (QED) is 0.419. The van der Waals surface area contributed by atoms with E-state index in [9.17, 15) is 9.59 Å². The first-order valence-corrected chi connectivity index (χ1v) is 10.6. The van der Waals surface area contributed by atoms with Gasteiger partial charge in [-0.2, -0.15) is 4.68 Å². The number of esters is 1. The maximum Gasteiger partial charge on any atom is 0.308 e. The van der Waals surface area contributed by atoms with Gasteiger partial charge in [0.1, 0.15) is 5.52 Å². The number of hydrogen-bond acceptors (Lipinski definition) is 7. The van der Waals surface area contributed by atoms with Gasteiger partial charge in [0.05, 0.1) is 27.0 Å². The third kappa shape index (κ3) is 4.23. The van der Waals surface area contributed by atoms with Gasteiger partial charge in [0.25, 0.3) is 5.56 Å². The van der Waals surface area contributed by atoms with Gasteiger partial charge >= 0.3 is 5.97 Å². The highest BCUT2D eigenvalue weighted by molar-refractivity contribution is 7.18. The molecule has 0 unspecified atom stereocenters. The lowest BCUT2D eigenvalue weighted by Gasteiger charge is -2.26. The molecule has 4 rings (SSSR count). The molecule has 0 aliphatic heterocycles. The lowest BCUT2D eigenvalue weighted by Crippen LogP contribution is -2.29. The Bertz CT molecular complexity index is 1230. The number of ether oxygens (including phenoxy) is 1. The summed E-state index contributed by atoms with van der Waals surface area (Å²) in [5.41, 5.74) is 0.874. The van der Waals surface area contributed by atoms with Crippen LogP contribution in [0.25, 0.3) is 21.1 Å². The summed E-state index contributed by atoms with van der Waals surface area (Å²) in [6.07, 6.45) is 1.72. The largest absolute Gasteiger partial charge is 0.442 e. The fraction of sp³-hybridized carbons (Fsp3) is 0.318. The molecule has 7 nitrogen and oxygen atoms in total. The normalized spacial score (nSPS) is 13.4. The second kappa shape index (κ2) is 8.31. The molecule has 1 atom stereocenters. The summed E-state index contributed by atoms with van der Waals surface area (Å²) in [5.74, 6) is -0.373. The maximum atomic E-state index is 12.5. The number of nitrogens with zero attached hydrogens (tertiary/aromatic N) is 4. The maximum absolute atomic E-state index is 12.5. The number of fused-ring (bicyclic) bond motifs is 2. The van der Waals surface area contributed by atoms with Crippen molar-refractivity contribution in [3.63, 3.8) is 0 Å². The van der Waals surface area contributed by atoms with Crippen molar-refractivity contribution in [2.75, 3.05) is 0 Å². The molecule has 0 radical (unpaired) electrons. The van der Waals surface area contributed by atoms with Gasteiger partial charge < -0.3 is 4.74 Å². The molecule has 0 spiro atoms. The van der Waals surface area contributed by atoms with Crippen LogP contribution in [-0.4, -0.2) is 25.9 Å². The molecule has 0 saturated heterocycles. The van der Waals surface area contributed by atoms with Crippen molar-refractivity contribution in [3.05, 3.63) is 63.9 Å². The molecule has 30 heavy (non-hydrogen) atoms. The van der Waals surface area contributed by atoms with Crippen LogP contribution in [0.2, 0.25) is 0 Å². The Morgan fingerprint density at radius 3 is 2.63 bits per heavy atom. The molecule has 0 N–H and O–H groups in total. The van der Waals surface area contributed by atoms with Crippen LogP contribution in [0.4, 0.5) is 0 Å². The predicted octanol–water partition coefficient (Wildman–Crippen LogP) is 3.95. The first-order chi connectivity index (χ1) is 14.5. The molecule has 2 aromatic carbocycles. The molecule has 0 aliphatic carbocycles. The third-order valence-electron chi connectivity index (χ3n) is 5.32. The second-order valence-corrected chi connectivity index (χ2v) is 8.77. The van der Waals surface area contributed by atoms with Crippen molar-refractivity contribution >= 4 is 38.4 Å². The molecule has 0 amide bonds. The highest BCUT2D eigenvalue weighted by Crippen LogP contribution is 2.34. The molecule has 8 heteroatoms. The van der Waals surface area contributed by atoms with E-state index in [1.54, 1.807) is 35.6 Å². The van der Waals surface area contributed by atoms with Crippen LogP contribution >= 0.6 is 11.3 Å². The number of rotatable bonds is 7. The minimum absolute atomic E-state index is 0.231. The Hall–Kier alpha value is -3.13. The molecule has 0 aliphatic rings. The lowest BCUT2D eigenvalue weighted by atomic mass is 9.81. The van der Waals surface area contributed by atoms with E-state index in [-0.39, 0.29) is 30.1 Å². The van der Waals surface area contributed by atoms with E-state index >= 15 is 0 Å². The van der Waals surface area contributed by atoms with Gasteiger partial charge in [-0.05, 0) is 36.1 Å². The zero-order valence-electron chi connectivity index (χ0n) is 16.9. The van der Waals surface area contributed by atoms with Gasteiger partial charge in [-0.1, -0.05) is 43.3 Å². The van der Waals surface area contributed by atoms with Gasteiger partial charge in [0.15, 0.2) is 6.73 Å². The van der Waals surface area contributed by atoms with Crippen molar-refractivity contribution in [3.8, 4) is 0 Å². The van der Waals surface area contributed by atoms with E-state index in [1.807, 2.05) is 18.2 Å². The zero-order chi connectivity index (χ0) is 21.1.